The molecule has 0 radical (unpaired) electrons. The van der Waals surface area contributed by atoms with E-state index in [1.54, 1.807) is 6.20 Å². The van der Waals surface area contributed by atoms with Crippen LogP contribution in [0.4, 0.5) is 0 Å². The second kappa shape index (κ2) is 5.15. The molecule has 0 spiro atoms. The molecule has 3 nitrogen and oxygen atoms in total. The number of aromatic nitrogens is 2. The number of nitrogens with one attached hydrogen (secondary N) is 2. The first-order valence-electron chi connectivity index (χ1n) is 5.64. The summed E-state index contributed by atoms with van der Waals surface area (Å²) in [6.45, 7) is 2.01. The number of aromatic amines is 1. The van der Waals surface area contributed by atoms with Crippen LogP contribution in [0.2, 0.25) is 0 Å². The maximum Gasteiger partial charge on any atom is 0.120 e. The van der Waals surface area contributed by atoms with Crippen LogP contribution in [0.15, 0.2) is 12.4 Å². The van der Waals surface area contributed by atoms with Gasteiger partial charge >= 0.3 is 0 Å². The summed E-state index contributed by atoms with van der Waals surface area (Å²) in [5.74, 6) is 2.02. The van der Waals surface area contributed by atoms with Gasteiger partial charge in [0.25, 0.3) is 0 Å². The van der Waals surface area contributed by atoms with Crippen LogP contribution in [0.25, 0.3) is 0 Å². The molecule has 0 amide bonds. The number of H-pyrrole nitrogens is 1. The molecule has 78 valence electrons. The van der Waals surface area contributed by atoms with Crippen LogP contribution >= 0.6 is 0 Å². The Morgan fingerprint density at radius 3 is 3.00 bits per heavy atom. The number of hydrogen-bond acceptors (Lipinski definition) is 2. The van der Waals surface area contributed by atoms with Crippen molar-refractivity contribution in [1.29, 1.82) is 0 Å². The molecular formula is C11H19N3. The first-order chi connectivity index (χ1) is 6.95. The van der Waals surface area contributed by atoms with E-state index < -0.39 is 0 Å². The van der Waals surface area contributed by atoms with Crippen molar-refractivity contribution in [1.82, 2.24) is 15.3 Å². The Balaban J connectivity index is 1.55. The highest BCUT2D eigenvalue weighted by Crippen LogP contribution is 2.26. The molecule has 2 rings (SSSR count). The van der Waals surface area contributed by atoms with E-state index in [4.69, 9.17) is 0 Å². The van der Waals surface area contributed by atoms with Gasteiger partial charge < -0.3 is 10.3 Å². The van der Waals surface area contributed by atoms with E-state index in [1.807, 2.05) is 6.20 Å². The molecule has 1 saturated carbocycles. The quantitative estimate of drug-likeness (QED) is 0.703. The molecule has 1 fully saturated rings. The van der Waals surface area contributed by atoms with Gasteiger partial charge in [-0.1, -0.05) is 25.7 Å². The number of imidazole rings is 1. The van der Waals surface area contributed by atoms with E-state index in [-0.39, 0.29) is 0 Å². The highest BCUT2D eigenvalue weighted by molar-refractivity contribution is 4.85. The fraction of sp³-hybridized carbons (Fsp3) is 0.727. The third kappa shape index (κ3) is 2.84. The lowest BCUT2D eigenvalue weighted by Gasteiger charge is -2.08. The lowest BCUT2D eigenvalue weighted by molar-refractivity contribution is 0.475. The zero-order chi connectivity index (χ0) is 9.64. The van der Waals surface area contributed by atoms with Crippen LogP contribution in [-0.2, 0) is 6.54 Å². The molecule has 1 aromatic heterocycles. The van der Waals surface area contributed by atoms with Crippen LogP contribution in [0.3, 0.4) is 0 Å². The van der Waals surface area contributed by atoms with Crippen LogP contribution in [0.5, 0.6) is 0 Å². The molecule has 0 saturated heterocycles. The molecule has 1 aliphatic rings. The highest BCUT2D eigenvalue weighted by Gasteiger charge is 2.13. The van der Waals surface area contributed by atoms with Gasteiger partial charge in [-0.15, -0.1) is 0 Å². The molecular weight excluding hydrogens is 174 g/mol. The summed E-state index contributed by atoms with van der Waals surface area (Å²) in [5, 5.41) is 3.42. The van der Waals surface area contributed by atoms with Crippen LogP contribution < -0.4 is 5.32 Å². The molecule has 0 atom stereocenters. The van der Waals surface area contributed by atoms with Crippen LogP contribution in [-0.4, -0.2) is 16.5 Å². The summed E-state index contributed by atoms with van der Waals surface area (Å²) in [6, 6.07) is 0. The molecule has 0 aliphatic heterocycles. The highest BCUT2D eigenvalue weighted by atomic mass is 15.0. The first kappa shape index (κ1) is 9.71. The fourth-order valence-corrected chi connectivity index (χ4v) is 2.21. The van der Waals surface area contributed by atoms with Gasteiger partial charge in [0.15, 0.2) is 0 Å². The third-order valence-corrected chi connectivity index (χ3v) is 3.05. The number of hydrogen-bond donors (Lipinski definition) is 2. The van der Waals surface area contributed by atoms with Gasteiger partial charge in [0.2, 0.25) is 0 Å². The van der Waals surface area contributed by atoms with Crippen molar-refractivity contribution in [3.05, 3.63) is 18.2 Å². The Bertz CT molecular complexity index is 237. The van der Waals surface area contributed by atoms with Gasteiger partial charge in [-0.3, -0.25) is 0 Å². The van der Waals surface area contributed by atoms with Crippen LogP contribution in [0, 0.1) is 5.92 Å². The summed E-state index contributed by atoms with van der Waals surface area (Å²) in [6.07, 6.45) is 10.8. The van der Waals surface area contributed by atoms with Crippen molar-refractivity contribution < 1.29 is 0 Å². The summed E-state index contributed by atoms with van der Waals surface area (Å²) in [4.78, 5) is 7.26. The predicted octanol–water partition coefficient (Wildman–Crippen LogP) is 2.08. The average Bonchev–Trinajstić information content (AvgIpc) is 2.86. The molecule has 3 heteroatoms. The summed E-state index contributed by atoms with van der Waals surface area (Å²) >= 11 is 0. The van der Waals surface area contributed by atoms with Crippen molar-refractivity contribution in [3.8, 4) is 0 Å². The molecule has 1 heterocycles. The summed E-state index contributed by atoms with van der Waals surface area (Å²) in [7, 11) is 0. The summed E-state index contributed by atoms with van der Waals surface area (Å²) in [5.41, 5.74) is 0. The van der Waals surface area contributed by atoms with Crippen molar-refractivity contribution in [2.24, 2.45) is 5.92 Å². The first-order valence-corrected chi connectivity index (χ1v) is 5.64. The minimum absolute atomic E-state index is 0.875. The largest absolute Gasteiger partial charge is 0.348 e. The van der Waals surface area contributed by atoms with Gasteiger partial charge in [0.05, 0.1) is 6.54 Å². The van der Waals surface area contributed by atoms with Crippen molar-refractivity contribution in [2.45, 2.75) is 38.6 Å². The summed E-state index contributed by atoms with van der Waals surface area (Å²) < 4.78 is 0. The van der Waals surface area contributed by atoms with E-state index in [9.17, 15) is 0 Å². The van der Waals surface area contributed by atoms with E-state index in [0.29, 0.717) is 0 Å². The zero-order valence-electron chi connectivity index (χ0n) is 8.63. The topological polar surface area (TPSA) is 40.7 Å². The van der Waals surface area contributed by atoms with Crippen LogP contribution in [0.1, 0.15) is 37.9 Å². The molecule has 0 unspecified atom stereocenters. The lowest BCUT2D eigenvalue weighted by atomic mass is 10.0. The molecule has 1 aliphatic carbocycles. The van der Waals surface area contributed by atoms with Crippen molar-refractivity contribution >= 4 is 0 Å². The Labute approximate surface area is 85.3 Å². The minimum atomic E-state index is 0.875. The van der Waals surface area contributed by atoms with Gasteiger partial charge in [0, 0.05) is 12.4 Å². The number of nitrogens with zero attached hydrogens (tertiary/aromatic N) is 1. The monoisotopic (exact) mass is 193 g/mol. The normalized spacial score (nSPS) is 17.7. The second-order valence-corrected chi connectivity index (χ2v) is 4.15. The van der Waals surface area contributed by atoms with Gasteiger partial charge in [0.1, 0.15) is 5.82 Å². The predicted molar refractivity (Wildman–Crippen MR) is 56.9 cm³/mol. The van der Waals surface area contributed by atoms with Gasteiger partial charge in [-0.2, -0.15) is 0 Å². The molecule has 0 bridgehead atoms. The molecule has 14 heavy (non-hydrogen) atoms. The smallest absolute Gasteiger partial charge is 0.120 e. The number of rotatable bonds is 5. The maximum absolute atomic E-state index is 4.17. The van der Waals surface area contributed by atoms with Gasteiger partial charge in [-0.25, -0.2) is 4.98 Å². The van der Waals surface area contributed by atoms with Crippen molar-refractivity contribution in [3.63, 3.8) is 0 Å². The zero-order valence-corrected chi connectivity index (χ0v) is 8.63. The Kier molecular flexibility index (Phi) is 3.57. The van der Waals surface area contributed by atoms with E-state index in [2.05, 4.69) is 15.3 Å². The molecule has 1 aromatic rings. The van der Waals surface area contributed by atoms with E-state index in [0.717, 1.165) is 24.8 Å². The lowest BCUT2D eigenvalue weighted by Crippen LogP contribution is -2.17. The minimum Gasteiger partial charge on any atom is -0.348 e. The van der Waals surface area contributed by atoms with Gasteiger partial charge in [-0.05, 0) is 18.9 Å². The average molecular weight is 193 g/mol. The Morgan fingerprint density at radius 2 is 2.29 bits per heavy atom. The molecule has 0 aromatic carbocycles. The molecule has 2 N–H and O–H groups in total. The Morgan fingerprint density at radius 1 is 1.43 bits per heavy atom. The fourth-order valence-electron chi connectivity index (χ4n) is 2.21. The van der Waals surface area contributed by atoms with Crippen molar-refractivity contribution in [2.75, 3.05) is 6.54 Å². The van der Waals surface area contributed by atoms with E-state index in [1.165, 1.54) is 32.1 Å². The Hall–Kier alpha value is -0.830. The maximum atomic E-state index is 4.17. The van der Waals surface area contributed by atoms with E-state index >= 15 is 0 Å². The SMILES string of the molecule is c1c[nH]c(CNCCC2CCCC2)n1. The third-order valence-electron chi connectivity index (χ3n) is 3.05. The second-order valence-electron chi connectivity index (χ2n) is 4.15. The standard InChI is InChI=1S/C11H19N3/c1-2-4-10(3-1)5-6-12-9-11-13-7-8-14-11/h7-8,10,12H,1-6,9H2,(H,13,14).